The van der Waals surface area contributed by atoms with Crippen molar-refractivity contribution in [3.05, 3.63) is 9.66 Å². The van der Waals surface area contributed by atoms with E-state index in [-0.39, 0.29) is 0 Å². The van der Waals surface area contributed by atoms with Gasteiger partial charge in [0.15, 0.2) is 0 Å². The second-order valence-electron chi connectivity index (χ2n) is 2.64. The third kappa shape index (κ3) is 0.576. The largest absolute Gasteiger partial charge is 0.362 e. The van der Waals surface area contributed by atoms with Crippen molar-refractivity contribution in [3.8, 4) is 0 Å². The zero-order chi connectivity index (χ0) is 6.01. The molecule has 0 amide bonds. The fraction of sp³-hybridized carbons (Fsp3) is 0.667. The standard InChI is InChI=1S/C6H5IO2/c7-2-1-3-5(8-3)6-4(2)9-6/h1,3-6H/t3-,4+,5-,6+/m0/s1. The van der Waals surface area contributed by atoms with Gasteiger partial charge in [0.05, 0.1) is 0 Å². The number of rotatable bonds is 0. The van der Waals surface area contributed by atoms with Gasteiger partial charge in [0, 0.05) is 3.58 Å². The van der Waals surface area contributed by atoms with Gasteiger partial charge < -0.3 is 9.47 Å². The molecule has 4 atom stereocenters. The summed E-state index contributed by atoms with van der Waals surface area (Å²) in [5.41, 5.74) is 0. The molecule has 0 unspecified atom stereocenters. The smallest absolute Gasteiger partial charge is 0.118 e. The third-order valence-electron chi connectivity index (χ3n) is 2.01. The summed E-state index contributed by atoms with van der Waals surface area (Å²) in [6.45, 7) is 0. The van der Waals surface area contributed by atoms with E-state index in [1.54, 1.807) is 0 Å². The summed E-state index contributed by atoms with van der Waals surface area (Å²) < 4.78 is 12.0. The van der Waals surface area contributed by atoms with Crippen molar-refractivity contribution in [2.24, 2.45) is 0 Å². The van der Waals surface area contributed by atoms with E-state index in [2.05, 4.69) is 28.7 Å². The number of ether oxygens (including phenoxy) is 2. The van der Waals surface area contributed by atoms with E-state index >= 15 is 0 Å². The van der Waals surface area contributed by atoms with Gasteiger partial charge in [0.2, 0.25) is 0 Å². The number of fused-ring (bicyclic) bond motifs is 3. The Kier molecular flexibility index (Phi) is 0.767. The van der Waals surface area contributed by atoms with Gasteiger partial charge in [-0.05, 0) is 28.7 Å². The zero-order valence-corrected chi connectivity index (χ0v) is 6.74. The molecule has 9 heavy (non-hydrogen) atoms. The number of hydrogen-bond donors (Lipinski definition) is 0. The lowest BCUT2D eigenvalue weighted by molar-refractivity contribution is 0.313. The Morgan fingerprint density at radius 3 is 3.11 bits per heavy atom. The van der Waals surface area contributed by atoms with Crippen LogP contribution in [0.5, 0.6) is 0 Å². The molecule has 48 valence electrons. The van der Waals surface area contributed by atoms with Gasteiger partial charge in [-0.1, -0.05) is 0 Å². The molecule has 0 saturated carbocycles. The first-order chi connectivity index (χ1) is 4.36. The van der Waals surface area contributed by atoms with E-state index in [4.69, 9.17) is 9.47 Å². The minimum Gasteiger partial charge on any atom is -0.362 e. The summed E-state index contributed by atoms with van der Waals surface area (Å²) >= 11 is 2.32. The van der Waals surface area contributed by atoms with Crippen LogP contribution in [-0.2, 0) is 9.47 Å². The molecule has 2 aliphatic heterocycles. The topological polar surface area (TPSA) is 25.1 Å². The molecular formula is C6H5IO2. The van der Waals surface area contributed by atoms with Crippen LogP contribution in [0, 0.1) is 0 Å². The van der Waals surface area contributed by atoms with Crippen LogP contribution in [0.3, 0.4) is 0 Å². The molecule has 3 aliphatic rings. The van der Waals surface area contributed by atoms with Crippen molar-refractivity contribution in [2.45, 2.75) is 24.4 Å². The van der Waals surface area contributed by atoms with Crippen molar-refractivity contribution < 1.29 is 9.47 Å². The van der Waals surface area contributed by atoms with Crippen molar-refractivity contribution in [2.75, 3.05) is 0 Å². The van der Waals surface area contributed by atoms with Crippen molar-refractivity contribution in [1.82, 2.24) is 0 Å². The van der Waals surface area contributed by atoms with E-state index in [1.165, 1.54) is 3.58 Å². The maximum Gasteiger partial charge on any atom is 0.118 e. The highest BCUT2D eigenvalue weighted by Crippen LogP contribution is 2.49. The summed E-state index contributed by atoms with van der Waals surface area (Å²) in [5, 5.41) is 0. The first kappa shape index (κ1) is 5.09. The van der Waals surface area contributed by atoms with Crippen molar-refractivity contribution >= 4 is 22.6 Å². The molecular weight excluding hydrogens is 231 g/mol. The number of halogens is 1. The SMILES string of the molecule is IC1=C[C@@H]2O[C@@H]2[C@@H]2O[C@H]12. The molecule has 1 aliphatic carbocycles. The number of hydrogen-bond acceptors (Lipinski definition) is 2. The van der Waals surface area contributed by atoms with E-state index in [9.17, 15) is 0 Å². The van der Waals surface area contributed by atoms with E-state index in [0.717, 1.165) is 0 Å². The van der Waals surface area contributed by atoms with Crippen LogP contribution in [0.25, 0.3) is 0 Å². The molecule has 2 fully saturated rings. The molecule has 0 aromatic rings. The molecule has 3 heteroatoms. The Morgan fingerprint density at radius 1 is 1.33 bits per heavy atom. The quantitative estimate of drug-likeness (QED) is 0.460. The van der Waals surface area contributed by atoms with Crippen molar-refractivity contribution in [1.29, 1.82) is 0 Å². The normalized spacial score (nSPS) is 59.4. The van der Waals surface area contributed by atoms with Crippen LogP contribution in [0.1, 0.15) is 0 Å². The molecule has 3 rings (SSSR count). The second-order valence-corrected chi connectivity index (χ2v) is 3.88. The van der Waals surface area contributed by atoms with Crippen molar-refractivity contribution in [3.63, 3.8) is 0 Å². The van der Waals surface area contributed by atoms with Gasteiger partial charge >= 0.3 is 0 Å². The predicted octanol–water partition coefficient (Wildman–Crippen LogP) is 0.854. The van der Waals surface area contributed by atoms with E-state index in [0.29, 0.717) is 24.4 Å². The zero-order valence-electron chi connectivity index (χ0n) is 4.58. The Balaban J connectivity index is 2.03. The lowest BCUT2D eigenvalue weighted by Crippen LogP contribution is -2.09. The van der Waals surface area contributed by atoms with Gasteiger partial charge in [-0.25, -0.2) is 0 Å². The monoisotopic (exact) mass is 236 g/mol. The maximum atomic E-state index is 5.34. The van der Waals surface area contributed by atoms with Crippen LogP contribution in [0.4, 0.5) is 0 Å². The first-order valence-electron chi connectivity index (χ1n) is 3.04. The average Bonchev–Trinajstić information content (AvgIpc) is 2.54. The third-order valence-corrected chi connectivity index (χ3v) is 2.98. The predicted molar refractivity (Wildman–Crippen MR) is 39.4 cm³/mol. The lowest BCUT2D eigenvalue weighted by Gasteiger charge is -1.93. The lowest BCUT2D eigenvalue weighted by atomic mass is 10.1. The molecule has 0 radical (unpaired) electrons. The van der Waals surface area contributed by atoms with E-state index < -0.39 is 0 Å². The Labute approximate surface area is 66.3 Å². The van der Waals surface area contributed by atoms with Crippen LogP contribution >= 0.6 is 22.6 Å². The Hall–Kier alpha value is 0.390. The van der Waals surface area contributed by atoms with Crippen LogP contribution in [-0.4, -0.2) is 24.4 Å². The highest BCUT2D eigenvalue weighted by atomic mass is 127. The van der Waals surface area contributed by atoms with Gasteiger partial charge in [0.25, 0.3) is 0 Å². The molecule has 0 spiro atoms. The van der Waals surface area contributed by atoms with Crippen LogP contribution < -0.4 is 0 Å². The highest BCUT2D eigenvalue weighted by Gasteiger charge is 2.61. The summed E-state index contributed by atoms with van der Waals surface area (Å²) in [6.07, 6.45) is 3.83. The van der Waals surface area contributed by atoms with E-state index in [1.807, 2.05) is 0 Å². The molecule has 2 saturated heterocycles. The molecule has 2 heterocycles. The van der Waals surface area contributed by atoms with Crippen LogP contribution in [0.2, 0.25) is 0 Å². The Bertz CT molecular complexity index is 201. The first-order valence-corrected chi connectivity index (χ1v) is 4.12. The maximum absolute atomic E-state index is 5.34. The molecule has 0 N–H and O–H groups in total. The molecule has 0 bridgehead atoms. The summed E-state index contributed by atoms with van der Waals surface area (Å²) in [6, 6.07) is 0. The molecule has 2 nitrogen and oxygen atoms in total. The summed E-state index contributed by atoms with van der Waals surface area (Å²) in [5.74, 6) is 0. The molecule has 0 aromatic carbocycles. The fourth-order valence-corrected chi connectivity index (χ4v) is 2.24. The van der Waals surface area contributed by atoms with Gasteiger partial charge in [-0.15, -0.1) is 0 Å². The minimum absolute atomic E-state index is 0.403. The highest BCUT2D eigenvalue weighted by molar-refractivity contribution is 14.1. The summed E-state index contributed by atoms with van der Waals surface area (Å²) in [7, 11) is 0. The summed E-state index contributed by atoms with van der Waals surface area (Å²) in [4.78, 5) is 0. The number of epoxide rings is 2. The minimum atomic E-state index is 0.403. The molecule has 0 aromatic heterocycles. The van der Waals surface area contributed by atoms with Gasteiger partial charge in [0.1, 0.15) is 24.4 Å². The average molecular weight is 236 g/mol. The second kappa shape index (κ2) is 1.35. The Morgan fingerprint density at radius 2 is 2.22 bits per heavy atom. The fourth-order valence-electron chi connectivity index (χ4n) is 1.38. The van der Waals surface area contributed by atoms with Crippen LogP contribution in [0.15, 0.2) is 9.66 Å². The van der Waals surface area contributed by atoms with Gasteiger partial charge in [-0.3, -0.25) is 0 Å². The van der Waals surface area contributed by atoms with Gasteiger partial charge in [-0.2, -0.15) is 0 Å².